The average Bonchev–Trinajstić information content (AvgIpc) is 2.99. The topological polar surface area (TPSA) is 29.5 Å². The van der Waals surface area contributed by atoms with E-state index in [0.29, 0.717) is 6.54 Å². The van der Waals surface area contributed by atoms with Crippen LogP contribution in [0.5, 0.6) is 0 Å². The van der Waals surface area contributed by atoms with Crippen LogP contribution in [0, 0.1) is 5.82 Å². The van der Waals surface area contributed by atoms with Gasteiger partial charge < -0.3 is 4.74 Å². The Morgan fingerprint density at radius 2 is 2.14 bits per heavy atom. The maximum Gasteiger partial charge on any atom is 0.340 e. The molecule has 0 radical (unpaired) electrons. The molecule has 0 N–H and O–H groups in total. The minimum atomic E-state index is -0.648. The number of hydrogen-bond donors (Lipinski definition) is 0. The van der Waals surface area contributed by atoms with E-state index in [1.54, 1.807) is 17.4 Å². The first-order valence-electron chi connectivity index (χ1n) is 6.75. The Morgan fingerprint density at radius 3 is 2.71 bits per heavy atom. The lowest BCUT2D eigenvalue weighted by atomic mass is 10.1. The summed E-state index contributed by atoms with van der Waals surface area (Å²) in [5.41, 5.74) is 0.820. The van der Waals surface area contributed by atoms with Crippen molar-refractivity contribution in [1.82, 2.24) is 4.90 Å². The summed E-state index contributed by atoms with van der Waals surface area (Å²) >= 11 is 1.71. The number of carbonyl (C=O) groups is 1. The Balaban J connectivity index is 2.07. The summed E-state index contributed by atoms with van der Waals surface area (Å²) in [6.07, 6.45) is 0. The lowest BCUT2D eigenvalue weighted by molar-refractivity contribution is 0.0595. The predicted molar refractivity (Wildman–Crippen MR) is 81.8 cm³/mol. The molecule has 5 heteroatoms. The number of rotatable bonds is 6. The second-order valence-corrected chi connectivity index (χ2v) is 5.72. The van der Waals surface area contributed by atoms with E-state index in [9.17, 15) is 9.18 Å². The molecule has 0 saturated carbocycles. The van der Waals surface area contributed by atoms with Crippen LogP contribution in [0.2, 0.25) is 0 Å². The molecule has 2 rings (SSSR count). The van der Waals surface area contributed by atoms with Gasteiger partial charge in [-0.1, -0.05) is 19.1 Å². The molecular formula is C16H18FNO2S. The van der Waals surface area contributed by atoms with Crippen molar-refractivity contribution >= 4 is 17.3 Å². The number of ether oxygens (including phenoxy) is 1. The van der Waals surface area contributed by atoms with Gasteiger partial charge in [-0.15, -0.1) is 11.3 Å². The summed E-state index contributed by atoms with van der Waals surface area (Å²) in [4.78, 5) is 14.9. The molecule has 0 fully saturated rings. The molecule has 2 aromatic rings. The first kappa shape index (κ1) is 15.7. The van der Waals surface area contributed by atoms with Gasteiger partial charge in [0.1, 0.15) is 5.82 Å². The van der Waals surface area contributed by atoms with Crippen LogP contribution >= 0.6 is 11.3 Å². The van der Waals surface area contributed by atoms with E-state index in [4.69, 9.17) is 0 Å². The third kappa shape index (κ3) is 4.12. The minimum Gasteiger partial charge on any atom is -0.465 e. The van der Waals surface area contributed by atoms with E-state index in [0.717, 1.165) is 18.7 Å². The van der Waals surface area contributed by atoms with E-state index in [2.05, 4.69) is 22.6 Å². The summed E-state index contributed by atoms with van der Waals surface area (Å²) in [7, 11) is 1.25. The number of esters is 1. The number of nitrogens with zero attached hydrogens (tertiary/aromatic N) is 1. The molecule has 0 aliphatic rings. The van der Waals surface area contributed by atoms with Crippen LogP contribution in [0.25, 0.3) is 0 Å². The highest BCUT2D eigenvalue weighted by Gasteiger charge is 2.13. The van der Waals surface area contributed by atoms with Gasteiger partial charge >= 0.3 is 5.97 Å². The van der Waals surface area contributed by atoms with Crippen LogP contribution < -0.4 is 0 Å². The molecule has 1 heterocycles. The fourth-order valence-corrected chi connectivity index (χ4v) is 2.84. The molecule has 0 saturated heterocycles. The molecule has 1 aromatic heterocycles. The van der Waals surface area contributed by atoms with Gasteiger partial charge in [-0.05, 0) is 35.7 Å². The smallest absolute Gasteiger partial charge is 0.340 e. The maximum atomic E-state index is 13.9. The van der Waals surface area contributed by atoms with Crippen LogP contribution in [0.3, 0.4) is 0 Å². The van der Waals surface area contributed by atoms with Crippen molar-refractivity contribution in [2.75, 3.05) is 13.7 Å². The zero-order valence-corrected chi connectivity index (χ0v) is 13.0. The van der Waals surface area contributed by atoms with E-state index >= 15 is 0 Å². The number of benzene rings is 1. The number of thiophene rings is 1. The van der Waals surface area contributed by atoms with Crippen molar-refractivity contribution in [1.29, 1.82) is 0 Å². The van der Waals surface area contributed by atoms with E-state index in [1.807, 2.05) is 11.4 Å². The first-order valence-corrected chi connectivity index (χ1v) is 7.63. The average molecular weight is 307 g/mol. The van der Waals surface area contributed by atoms with Crippen molar-refractivity contribution in [2.45, 2.75) is 20.0 Å². The Kier molecular flexibility index (Phi) is 5.47. The molecule has 0 bridgehead atoms. The number of carbonyl (C=O) groups excluding carboxylic acids is 1. The molecule has 21 heavy (non-hydrogen) atoms. The molecule has 112 valence electrons. The van der Waals surface area contributed by atoms with Gasteiger partial charge in [0.15, 0.2) is 0 Å². The van der Waals surface area contributed by atoms with Crippen molar-refractivity contribution in [2.24, 2.45) is 0 Å². The summed E-state index contributed by atoms with van der Waals surface area (Å²) in [5.74, 6) is -1.18. The number of hydrogen-bond acceptors (Lipinski definition) is 4. The second kappa shape index (κ2) is 7.33. The SMILES string of the molecule is CCN(Cc1ccc(C(=O)OC)c(F)c1)Cc1cccs1. The Hall–Kier alpha value is -1.72. The van der Waals surface area contributed by atoms with Crippen LogP contribution in [0.15, 0.2) is 35.7 Å². The molecule has 0 amide bonds. The highest BCUT2D eigenvalue weighted by molar-refractivity contribution is 7.09. The highest BCUT2D eigenvalue weighted by Crippen LogP contribution is 2.16. The largest absolute Gasteiger partial charge is 0.465 e. The molecule has 0 atom stereocenters. The molecule has 0 aliphatic heterocycles. The highest BCUT2D eigenvalue weighted by atomic mass is 32.1. The molecule has 1 aromatic carbocycles. The van der Waals surface area contributed by atoms with E-state index in [1.165, 1.54) is 24.1 Å². The monoisotopic (exact) mass is 307 g/mol. The molecule has 0 spiro atoms. The molecule has 3 nitrogen and oxygen atoms in total. The van der Waals surface area contributed by atoms with Crippen molar-refractivity contribution < 1.29 is 13.9 Å². The quantitative estimate of drug-likeness (QED) is 0.762. The Bertz CT molecular complexity index is 598. The molecular weight excluding hydrogens is 289 g/mol. The molecule has 0 unspecified atom stereocenters. The van der Waals surface area contributed by atoms with Crippen molar-refractivity contribution in [3.05, 3.63) is 57.5 Å². The third-order valence-electron chi connectivity index (χ3n) is 3.25. The van der Waals surface area contributed by atoms with Gasteiger partial charge in [0.05, 0.1) is 12.7 Å². The van der Waals surface area contributed by atoms with Gasteiger partial charge in [0, 0.05) is 18.0 Å². The minimum absolute atomic E-state index is 0.0254. The number of methoxy groups -OCH3 is 1. The van der Waals surface area contributed by atoms with Crippen LogP contribution in [0.4, 0.5) is 4.39 Å². The summed E-state index contributed by atoms with van der Waals surface area (Å²) in [6.45, 7) is 4.44. The fraction of sp³-hybridized carbons (Fsp3) is 0.312. The van der Waals surface area contributed by atoms with Gasteiger partial charge in [0.25, 0.3) is 0 Å². The lowest BCUT2D eigenvalue weighted by Crippen LogP contribution is -2.22. The summed E-state index contributed by atoms with van der Waals surface area (Å²) in [6, 6.07) is 8.78. The first-order chi connectivity index (χ1) is 10.1. The van der Waals surface area contributed by atoms with Crippen LogP contribution in [-0.4, -0.2) is 24.5 Å². The molecule has 0 aliphatic carbocycles. The summed E-state index contributed by atoms with van der Waals surface area (Å²) < 4.78 is 18.4. The third-order valence-corrected chi connectivity index (χ3v) is 4.11. The van der Waals surface area contributed by atoms with Gasteiger partial charge in [-0.2, -0.15) is 0 Å². The van der Waals surface area contributed by atoms with Gasteiger partial charge in [-0.3, -0.25) is 4.90 Å². The zero-order chi connectivity index (χ0) is 15.2. The van der Waals surface area contributed by atoms with Gasteiger partial charge in [0.2, 0.25) is 0 Å². The predicted octanol–water partition coefficient (Wildman–Crippen LogP) is 3.70. The van der Waals surface area contributed by atoms with Crippen LogP contribution in [0.1, 0.15) is 27.7 Å². The Labute approximate surface area is 128 Å². The number of halogens is 1. The van der Waals surface area contributed by atoms with E-state index in [-0.39, 0.29) is 5.56 Å². The second-order valence-electron chi connectivity index (χ2n) is 4.69. The summed E-state index contributed by atoms with van der Waals surface area (Å²) in [5, 5.41) is 2.05. The maximum absolute atomic E-state index is 13.9. The van der Waals surface area contributed by atoms with Crippen molar-refractivity contribution in [3.63, 3.8) is 0 Å². The lowest BCUT2D eigenvalue weighted by Gasteiger charge is -2.19. The van der Waals surface area contributed by atoms with Gasteiger partial charge in [-0.25, -0.2) is 9.18 Å². The normalized spacial score (nSPS) is 10.9. The van der Waals surface area contributed by atoms with E-state index < -0.39 is 11.8 Å². The van der Waals surface area contributed by atoms with Crippen molar-refractivity contribution in [3.8, 4) is 0 Å². The zero-order valence-electron chi connectivity index (χ0n) is 12.1. The standard InChI is InChI=1S/C16H18FNO2S/c1-3-18(11-13-5-4-8-21-13)10-12-6-7-14(15(17)9-12)16(19)20-2/h4-9H,3,10-11H2,1-2H3. The van der Waals surface area contributed by atoms with Crippen LogP contribution in [-0.2, 0) is 17.8 Å². The Morgan fingerprint density at radius 1 is 1.33 bits per heavy atom. The fourth-order valence-electron chi connectivity index (χ4n) is 2.09.